The number of hydrogen-bond acceptors (Lipinski definition) is 6. The van der Waals surface area contributed by atoms with E-state index >= 15 is 0 Å². The van der Waals surface area contributed by atoms with Gasteiger partial charge in [-0.2, -0.15) is 4.31 Å². The minimum absolute atomic E-state index is 0.0196. The minimum atomic E-state index is -3.76. The van der Waals surface area contributed by atoms with Crippen molar-refractivity contribution in [2.75, 3.05) is 26.2 Å². The maximum absolute atomic E-state index is 13.2. The number of aromatic nitrogens is 1. The van der Waals surface area contributed by atoms with E-state index < -0.39 is 10.0 Å². The number of rotatable bonds is 6. The summed E-state index contributed by atoms with van der Waals surface area (Å²) in [6.45, 7) is 6.83. The first kappa shape index (κ1) is 22.7. The highest BCUT2D eigenvalue weighted by molar-refractivity contribution is 7.89. The number of amides is 2. The van der Waals surface area contributed by atoms with Gasteiger partial charge in [-0.05, 0) is 46.0 Å². The van der Waals surface area contributed by atoms with Crippen molar-refractivity contribution in [1.82, 2.24) is 19.7 Å². The Hall–Kier alpha value is -1.94. The largest absolute Gasteiger partial charge is 0.360 e. The van der Waals surface area contributed by atoms with Crippen molar-refractivity contribution in [3.8, 4) is 0 Å². The molecule has 0 saturated carbocycles. The van der Waals surface area contributed by atoms with Crippen LogP contribution in [-0.4, -0.2) is 66.8 Å². The molecule has 2 fully saturated rings. The highest BCUT2D eigenvalue weighted by Gasteiger charge is 2.38. The van der Waals surface area contributed by atoms with Crippen molar-refractivity contribution >= 4 is 21.8 Å². The SMILES string of the molecule is CCCC(=O)NC1CCCN(C(=O)C2CCCN(S(=O)(=O)c3c(C)noc3C)C2)C1. The van der Waals surface area contributed by atoms with E-state index in [1.54, 1.807) is 18.7 Å². The van der Waals surface area contributed by atoms with E-state index in [0.717, 1.165) is 19.3 Å². The van der Waals surface area contributed by atoms with Gasteiger partial charge in [0.25, 0.3) is 0 Å². The summed E-state index contributed by atoms with van der Waals surface area (Å²) in [7, 11) is -3.76. The van der Waals surface area contributed by atoms with Gasteiger partial charge in [-0.15, -0.1) is 0 Å². The van der Waals surface area contributed by atoms with Crippen molar-refractivity contribution < 1.29 is 22.5 Å². The molecule has 0 spiro atoms. The first-order chi connectivity index (χ1) is 14.2. The van der Waals surface area contributed by atoms with Gasteiger partial charge in [0.2, 0.25) is 21.8 Å². The van der Waals surface area contributed by atoms with Gasteiger partial charge in [0, 0.05) is 38.6 Å². The lowest BCUT2D eigenvalue weighted by Gasteiger charge is -2.38. The number of carbonyl (C=O) groups excluding carboxylic acids is 2. The summed E-state index contributed by atoms with van der Waals surface area (Å²) in [5, 5.41) is 6.77. The predicted octanol–water partition coefficient (Wildman–Crippen LogP) is 1.60. The second-order valence-corrected chi connectivity index (χ2v) is 10.2. The Balaban J connectivity index is 1.66. The Kier molecular flexibility index (Phi) is 7.18. The summed E-state index contributed by atoms with van der Waals surface area (Å²) in [5.41, 5.74) is 0.336. The van der Waals surface area contributed by atoms with Crippen molar-refractivity contribution in [2.45, 2.75) is 70.2 Å². The molecule has 2 atom stereocenters. The van der Waals surface area contributed by atoms with E-state index in [9.17, 15) is 18.0 Å². The number of nitrogens with one attached hydrogen (secondary N) is 1. The molecule has 0 bridgehead atoms. The Morgan fingerprint density at radius 3 is 2.57 bits per heavy atom. The molecule has 1 N–H and O–H groups in total. The van der Waals surface area contributed by atoms with Gasteiger partial charge < -0.3 is 14.7 Å². The quantitative estimate of drug-likeness (QED) is 0.719. The molecule has 2 aliphatic heterocycles. The molecule has 1 aromatic heterocycles. The van der Waals surface area contributed by atoms with Gasteiger partial charge in [-0.25, -0.2) is 8.42 Å². The smallest absolute Gasteiger partial charge is 0.248 e. The number of aryl methyl sites for hydroxylation is 2. The fraction of sp³-hybridized carbons (Fsp3) is 0.750. The zero-order valence-electron chi connectivity index (χ0n) is 18.0. The molecule has 30 heavy (non-hydrogen) atoms. The highest BCUT2D eigenvalue weighted by atomic mass is 32.2. The molecular weight excluding hydrogens is 408 g/mol. The topological polar surface area (TPSA) is 113 Å². The average molecular weight is 441 g/mol. The van der Waals surface area contributed by atoms with Crippen LogP contribution in [0.15, 0.2) is 9.42 Å². The van der Waals surface area contributed by atoms with E-state index in [-0.39, 0.29) is 41.0 Å². The highest BCUT2D eigenvalue weighted by Crippen LogP contribution is 2.29. The van der Waals surface area contributed by atoms with Crippen LogP contribution >= 0.6 is 0 Å². The lowest BCUT2D eigenvalue weighted by molar-refractivity contribution is -0.138. The van der Waals surface area contributed by atoms with Crippen LogP contribution in [0.2, 0.25) is 0 Å². The first-order valence-corrected chi connectivity index (χ1v) is 12.2. The van der Waals surface area contributed by atoms with Crippen LogP contribution in [0.25, 0.3) is 0 Å². The third-order valence-corrected chi connectivity index (χ3v) is 7.98. The monoisotopic (exact) mass is 440 g/mol. The first-order valence-electron chi connectivity index (χ1n) is 10.7. The minimum Gasteiger partial charge on any atom is -0.360 e. The molecule has 0 aliphatic carbocycles. The van der Waals surface area contributed by atoms with Crippen LogP contribution in [0, 0.1) is 19.8 Å². The molecule has 1 aromatic rings. The number of nitrogens with zero attached hydrogens (tertiary/aromatic N) is 3. The van der Waals surface area contributed by atoms with Crippen LogP contribution in [-0.2, 0) is 19.6 Å². The van der Waals surface area contributed by atoms with Crippen LogP contribution < -0.4 is 5.32 Å². The molecule has 2 aliphatic rings. The number of sulfonamides is 1. The molecule has 3 rings (SSSR count). The number of hydrogen-bond donors (Lipinski definition) is 1. The van der Waals surface area contributed by atoms with E-state index in [1.807, 2.05) is 6.92 Å². The lowest BCUT2D eigenvalue weighted by atomic mass is 9.96. The van der Waals surface area contributed by atoms with Crippen molar-refractivity contribution in [3.63, 3.8) is 0 Å². The molecule has 2 amide bonds. The summed E-state index contributed by atoms with van der Waals surface area (Å²) in [6.07, 6.45) is 4.26. The molecule has 0 radical (unpaired) electrons. The maximum Gasteiger partial charge on any atom is 0.248 e. The fourth-order valence-corrected chi connectivity index (χ4v) is 6.23. The zero-order valence-corrected chi connectivity index (χ0v) is 18.8. The number of likely N-dealkylation sites (tertiary alicyclic amines) is 1. The summed E-state index contributed by atoms with van der Waals surface area (Å²) < 4.78 is 32.7. The third kappa shape index (κ3) is 4.85. The molecule has 3 heterocycles. The van der Waals surface area contributed by atoms with E-state index in [0.29, 0.717) is 44.6 Å². The molecule has 0 aromatic carbocycles. The Bertz CT molecular complexity index is 862. The molecule has 9 nitrogen and oxygen atoms in total. The van der Waals surface area contributed by atoms with Crippen LogP contribution in [0.3, 0.4) is 0 Å². The second-order valence-electron chi connectivity index (χ2n) is 8.30. The number of piperidine rings is 2. The van der Waals surface area contributed by atoms with Crippen LogP contribution in [0.1, 0.15) is 56.9 Å². The Morgan fingerprint density at radius 2 is 1.90 bits per heavy atom. The second kappa shape index (κ2) is 9.47. The average Bonchev–Trinajstić information content (AvgIpc) is 3.06. The van der Waals surface area contributed by atoms with E-state index in [1.165, 1.54) is 4.31 Å². The molecule has 10 heteroatoms. The van der Waals surface area contributed by atoms with Gasteiger partial charge in [0.15, 0.2) is 5.76 Å². The van der Waals surface area contributed by atoms with Crippen LogP contribution in [0.5, 0.6) is 0 Å². The van der Waals surface area contributed by atoms with E-state index in [4.69, 9.17) is 4.52 Å². The van der Waals surface area contributed by atoms with Gasteiger partial charge in [0.1, 0.15) is 10.6 Å². The summed E-state index contributed by atoms with van der Waals surface area (Å²) in [4.78, 5) is 27.0. The zero-order chi connectivity index (χ0) is 21.9. The molecule has 2 unspecified atom stereocenters. The summed E-state index contributed by atoms with van der Waals surface area (Å²) in [5.74, 6) is -0.115. The molecule has 2 saturated heterocycles. The molecular formula is C20H32N4O5S. The van der Waals surface area contributed by atoms with E-state index in [2.05, 4.69) is 10.5 Å². The van der Waals surface area contributed by atoms with Gasteiger partial charge in [-0.3, -0.25) is 9.59 Å². The lowest BCUT2D eigenvalue weighted by Crippen LogP contribution is -2.53. The van der Waals surface area contributed by atoms with Crippen molar-refractivity contribution in [3.05, 3.63) is 11.5 Å². The third-order valence-electron chi connectivity index (χ3n) is 5.87. The number of carbonyl (C=O) groups is 2. The normalized spacial score (nSPS) is 23.4. The molecule has 168 valence electrons. The van der Waals surface area contributed by atoms with Gasteiger partial charge in [0.05, 0.1) is 5.92 Å². The maximum atomic E-state index is 13.2. The standard InChI is InChI=1S/C20H32N4O5S/c1-4-7-18(25)21-17-9-6-10-23(13-17)20(26)16-8-5-11-24(12-16)30(27,28)19-14(2)22-29-15(19)3/h16-17H,4-13H2,1-3H3,(H,21,25). The van der Waals surface area contributed by atoms with Crippen molar-refractivity contribution in [1.29, 1.82) is 0 Å². The summed E-state index contributed by atoms with van der Waals surface area (Å²) >= 11 is 0. The van der Waals surface area contributed by atoms with Gasteiger partial charge >= 0.3 is 0 Å². The van der Waals surface area contributed by atoms with Gasteiger partial charge in [-0.1, -0.05) is 12.1 Å². The van der Waals surface area contributed by atoms with Crippen molar-refractivity contribution in [2.24, 2.45) is 5.92 Å². The summed E-state index contributed by atoms with van der Waals surface area (Å²) in [6, 6.07) is -0.0347. The fourth-order valence-electron chi connectivity index (χ4n) is 4.41. The van der Waals surface area contributed by atoms with Crippen LogP contribution in [0.4, 0.5) is 0 Å². The Morgan fingerprint density at radius 1 is 1.17 bits per heavy atom. The Labute approximate surface area is 178 Å². The predicted molar refractivity (Wildman–Crippen MR) is 110 cm³/mol.